The Balaban J connectivity index is 1.63. The second kappa shape index (κ2) is 6.59. The van der Waals surface area contributed by atoms with Crippen LogP contribution in [-0.4, -0.2) is 17.4 Å². The van der Waals surface area contributed by atoms with E-state index in [0.717, 1.165) is 17.0 Å². The third-order valence-electron chi connectivity index (χ3n) is 4.24. The lowest BCUT2D eigenvalue weighted by molar-refractivity contribution is -0.116. The van der Waals surface area contributed by atoms with Crippen LogP contribution < -0.4 is 5.32 Å². The Morgan fingerprint density at radius 1 is 1.22 bits per heavy atom. The van der Waals surface area contributed by atoms with E-state index in [4.69, 9.17) is 0 Å². The molecule has 1 N–H and O–H groups in total. The van der Waals surface area contributed by atoms with Gasteiger partial charge in [-0.3, -0.25) is 9.59 Å². The molecule has 118 valence electrons. The lowest BCUT2D eigenvalue weighted by Gasteiger charge is -2.07. The van der Waals surface area contributed by atoms with Gasteiger partial charge in [0.1, 0.15) is 0 Å². The summed E-state index contributed by atoms with van der Waals surface area (Å²) in [7, 11) is 0. The lowest BCUT2D eigenvalue weighted by Crippen LogP contribution is -2.08. The fourth-order valence-electron chi connectivity index (χ4n) is 2.70. The largest absolute Gasteiger partial charge is 0.325 e. The van der Waals surface area contributed by atoms with Crippen molar-refractivity contribution in [3.63, 3.8) is 0 Å². The molecule has 4 heteroatoms. The first-order valence-corrected chi connectivity index (χ1v) is 8.82. The number of Topliss-reactive ketones (excluding diaryl/α,β-unsaturated/α-hetero) is 1. The fourth-order valence-corrected chi connectivity index (χ4v) is 3.70. The predicted octanol–water partition coefficient (Wildman–Crippen LogP) is 4.17. The average molecular weight is 325 g/mol. The topological polar surface area (TPSA) is 46.2 Å². The molecule has 1 aliphatic rings. The Kier molecular flexibility index (Phi) is 4.53. The SMILES string of the molecule is Cc1ccccc1CSCC(=O)c1ccc2c(c1)[C@@H](C)C(=O)N2. The minimum Gasteiger partial charge on any atom is -0.325 e. The lowest BCUT2D eigenvalue weighted by atomic mass is 9.99. The van der Waals surface area contributed by atoms with Crippen LogP contribution in [0.1, 0.15) is 39.9 Å². The number of hydrogen-bond acceptors (Lipinski definition) is 3. The van der Waals surface area contributed by atoms with Gasteiger partial charge in [0.15, 0.2) is 5.78 Å². The number of anilines is 1. The maximum atomic E-state index is 12.4. The minimum atomic E-state index is -0.183. The van der Waals surface area contributed by atoms with Crippen molar-refractivity contribution in [2.75, 3.05) is 11.1 Å². The monoisotopic (exact) mass is 325 g/mol. The second-order valence-corrected chi connectivity index (χ2v) is 6.84. The molecule has 0 saturated heterocycles. The van der Waals surface area contributed by atoms with Crippen LogP contribution in [0.25, 0.3) is 0 Å². The molecular formula is C19H19NO2S. The Morgan fingerprint density at radius 2 is 2.00 bits per heavy atom. The molecule has 0 aliphatic carbocycles. The summed E-state index contributed by atoms with van der Waals surface area (Å²) in [5, 5.41) is 2.83. The van der Waals surface area contributed by atoms with Gasteiger partial charge in [-0.2, -0.15) is 0 Å². The molecule has 0 radical (unpaired) electrons. The van der Waals surface area contributed by atoms with Gasteiger partial charge in [-0.15, -0.1) is 11.8 Å². The predicted molar refractivity (Wildman–Crippen MR) is 95.2 cm³/mol. The van der Waals surface area contributed by atoms with Gasteiger partial charge in [-0.1, -0.05) is 24.3 Å². The van der Waals surface area contributed by atoms with Gasteiger partial charge in [0.2, 0.25) is 5.91 Å². The van der Waals surface area contributed by atoms with Gasteiger partial charge in [-0.05, 0) is 48.7 Å². The zero-order chi connectivity index (χ0) is 16.4. The molecule has 1 aliphatic heterocycles. The highest BCUT2D eigenvalue weighted by atomic mass is 32.2. The van der Waals surface area contributed by atoms with Crippen LogP contribution in [0, 0.1) is 6.92 Å². The van der Waals surface area contributed by atoms with Gasteiger partial charge < -0.3 is 5.32 Å². The minimum absolute atomic E-state index is 0.00136. The fraction of sp³-hybridized carbons (Fsp3) is 0.263. The van der Waals surface area contributed by atoms with Crippen LogP contribution >= 0.6 is 11.8 Å². The molecule has 0 aromatic heterocycles. The first-order chi connectivity index (χ1) is 11.1. The van der Waals surface area contributed by atoms with Crippen molar-refractivity contribution < 1.29 is 9.59 Å². The zero-order valence-electron chi connectivity index (χ0n) is 13.3. The number of benzene rings is 2. The molecule has 23 heavy (non-hydrogen) atoms. The van der Waals surface area contributed by atoms with Crippen LogP contribution in [-0.2, 0) is 10.5 Å². The van der Waals surface area contributed by atoms with Crippen molar-refractivity contribution in [1.29, 1.82) is 0 Å². The molecular weight excluding hydrogens is 306 g/mol. The number of hydrogen-bond donors (Lipinski definition) is 1. The molecule has 1 amide bonds. The van der Waals surface area contributed by atoms with Gasteiger partial charge in [0.25, 0.3) is 0 Å². The summed E-state index contributed by atoms with van der Waals surface area (Å²) in [6, 6.07) is 13.7. The highest BCUT2D eigenvalue weighted by Gasteiger charge is 2.27. The summed E-state index contributed by atoms with van der Waals surface area (Å²) >= 11 is 1.63. The molecule has 1 heterocycles. The average Bonchev–Trinajstić information content (AvgIpc) is 2.83. The van der Waals surface area contributed by atoms with Gasteiger partial charge in [0, 0.05) is 17.0 Å². The van der Waals surface area contributed by atoms with Crippen LogP contribution in [0.5, 0.6) is 0 Å². The molecule has 1 atom stereocenters. The quantitative estimate of drug-likeness (QED) is 0.839. The molecule has 0 fully saturated rings. The van der Waals surface area contributed by atoms with Gasteiger partial charge >= 0.3 is 0 Å². The highest BCUT2D eigenvalue weighted by molar-refractivity contribution is 7.99. The van der Waals surface area contributed by atoms with Crippen molar-refractivity contribution in [3.8, 4) is 0 Å². The van der Waals surface area contributed by atoms with Crippen LogP contribution in [0.4, 0.5) is 5.69 Å². The number of nitrogens with one attached hydrogen (secondary N) is 1. The third kappa shape index (κ3) is 3.32. The number of rotatable bonds is 5. The van der Waals surface area contributed by atoms with E-state index < -0.39 is 0 Å². The van der Waals surface area contributed by atoms with Crippen molar-refractivity contribution in [3.05, 3.63) is 64.7 Å². The van der Waals surface area contributed by atoms with Crippen molar-refractivity contribution >= 4 is 29.1 Å². The highest BCUT2D eigenvalue weighted by Crippen LogP contribution is 2.33. The Hall–Kier alpha value is -2.07. The summed E-state index contributed by atoms with van der Waals surface area (Å²) < 4.78 is 0. The number of carbonyl (C=O) groups is 2. The van der Waals surface area contributed by atoms with Crippen LogP contribution in [0.2, 0.25) is 0 Å². The normalized spacial score (nSPS) is 16.1. The van der Waals surface area contributed by atoms with E-state index in [-0.39, 0.29) is 17.6 Å². The van der Waals surface area contributed by atoms with E-state index >= 15 is 0 Å². The molecule has 3 nitrogen and oxygen atoms in total. The summed E-state index contributed by atoms with van der Waals surface area (Å²) in [6.07, 6.45) is 0. The number of ketones is 1. The van der Waals surface area contributed by atoms with Gasteiger partial charge in [0.05, 0.1) is 11.7 Å². The van der Waals surface area contributed by atoms with Crippen molar-refractivity contribution in [2.45, 2.75) is 25.5 Å². The number of aryl methyl sites for hydroxylation is 1. The maximum Gasteiger partial charge on any atom is 0.231 e. The van der Waals surface area contributed by atoms with Crippen LogP contribution in [0.15, 0.2) is 42.5 Å². The maximum absolute atomic E-state index is 12.4. The molecule has 0 bridgehead atoms. The zero-order valence-corrected chi connectivity index (χ0v) is 14.1. The molecule has 3 rings (SSSR count). The van der Waals surface area contributed by atoms with E-state index in [0.29, 0.717) is 11.3 Å². The summed E-state index contributed by atoms with van der Waals surface area (Å²) in [5.74, 6) is 1.21. The van der Waals surface area contributed by atoms with Crippen molar-refractivity contribution in [2.24, 2.45) is 0 Å². The van der Waals surface area contributed by atoms with E-state index in [2.05, 4.69) is 24.4 Å². The number of carbonyl (C=O) groups excluding carboxylic acids is 2. The molecule has 2 aromatic rings. The van der Waals surface area contributed by atoms with E-state index in [1.54, 1.807) is 17.8 Å². The van der Waals surface area contributed by atoms with Gasteiger partial charge in [-0.25, -0.2) is 0 Å². The molecule has 2 aromatic carbocycles. The van der Waals surface area contributed by atoms with E-state index in [1.807, 2.05) is 31.2 Å². The Morgan fingerprint density at radius 3 is 2.78 bits per heavy atom. The number of amides is 1. The number of thioether (sulfide) groups is 1. The third-order valence-corrected chi connectivity index (χ3v) is 5.22. The first kappa shape index (κ1) is 15.8. The van der Waals surface area contributed by atoms with Crippen molar-refractivity contribution in [1.82, 2.24) is 0 Å². The standard InChI is InChI=1S/C19H19NO2S/c1-12-5-3-4-6-15(12)10-23-11-18(21)14-7-8-17-16(9-14)13(2)19(22)20-17/h3-9,13H,10-11H2,1-2H3,(H,20,22)/t13-/m1/s1. The molecule has 0 spiro atoms. The van der Waals surface area contributed by atoms with E-state index in [1.165, 1.54) is 11.1 Å². The second-order valence-electron chi connectivity index (χ2n) is 5.86. The number of fused-ring (bicyclic) bond motifs is 1. The first-order valence-electron chi connectivity index (χ1n) is 7.66. The smallest absolute Gasteiger partial charge is 0.231 e. The molecule has 0 unspecified atom stereocenters. The Labute approximate surface area is 140 Å². The summed E-state index contributed by atoms with van der Waals surface area (Å²) in [6.45, 7) is 3.95. The molecule has 0 saturated carbocycles. The summed E-state index contributed by atoms with van der Waals surface area (Å²) in [5.41, 5.74) is 4.95. The van der Waals surface area contributed by atoms with Crippen LogP contribution in [0.3, 0.4) is 0 Å². The Bertz CT molecular complexity index is 770. The van der Waals surface area contributed by atoms with E-state index in [9.17, 15) is 9.59 Å². The summed E-state index contributed by atoms with van der Waals surface area (Å²) in [4.78, 5) is 24.1.